The Bertz CT molecular complexity index is 359. The third-order valence-electron chi connectivity index (χ3n) is 1.91. The molecule has 1 N–H and O–H groups in total. The highest BCUT2D eigenvalue weighted by Crippen LogP contribution is 2.24. The second-order valence-corrected chi connectivity index (χ2v) is 3.50. The molecule has 3 heteroatoms. The predicted molar refractivity (Wildman–Crippen MR) is 54.2 cm³/mol. The van der Waals surface area contributed by atoms with Gasteiger partial charge in [-0.15, -0.1) is 0 Å². The van der Waals surface area contributed by atoms with E-state index < -0.39 is 5.97 Å². The van der Waals surface area contributed by atoms with Crippen LogP contribution in [0.15, 0.2) is 16.6 Å². The zero-order valence-electron chi connectivity index (χ0n) is 8.57. The fourth-order valence-electron chi connectivity index (χ4n) is 1.28. The third kappa shape index (κ3) is 2.49. The van der Waals surface area contributed by atoms with E-state index in [9.17, 15) is 4.79 Å². The summed E-state index contributed by atoms with van der Waals surface area (Å²) in [5, 5.41) is 8.48. The van der Waals surface area contributed by atoms with E-state index in [-0.39, 0.29) is 0 Å². The Kier molecular flexibility index (Phi) is 3.12. The highest BCUT2D eigenvalue weighted by atomic mass is 16.4. The lowest BCUT2D eigenvalue weighted by Gasteiger charge is -2.00. The summed E-state index contributed by atoms with van der Waals surface area (Å²) in [4.78, 5) is 10.3. The molecule has 3 nitrogen and oxygen atoms in total. The van der Waals surface area contributed by atoms with Gasteiger partial charge in [-0.2, -0.15) is 0 Å². The van der Waals surface area contributed by atoms with Crippen molar-refractivity contribution >= 4 is 12.0 Å². The second-order valence-electron chi connectivity index (χ2n) is 3.50. The van der Waals surface area contributed by atoms with Gasteiger partial charge in [-0.3, -0.25) is 0 Å². The molecule has 0 fully saturated rings. The molecule has 76 valence electrons. The first-order valence-electron chi connectivity index (χ1n) is 4.52. The summed E-state index contributed by atoms with van der Waals surface area (Å²) in [7, 11) is 0. The van der Waals surface area contributed by atoms with Gasteiger partial charge in [-0.25, -0.2) is 4.79 Å². The van der Waals surface area contributed by atoms with Gasteiger partial charge in [0.15, 0.2) is 0 Å². The largest absolute Gasteiger partial charge is 0.478 e. The lowest BCUT2D eigenvalue weighted by atomic mass is 10.0. The van der Waals surface area contributed by atoms with Crippen molar-refractivity contribution in [1.29, 1.82) is 0 Å². The number of furan rings is 1. The minimum Gasteiger partial charge on any atom is -0.478 e. The van der Waals surface area contributed by atoms with Crippen molar-refractivity contribution < 1.29 is 14.3 Å². The van der Waals surface area contributed by atoms with E-state index in [0.29, 0.717) is 11.7 Å². The molecule has 0 radical (unpaired) electrons. The molecule has 0 aliphatic carbocycles. The van der Waals surface area contributed by atoms with E-state index in [1.807, 2.05) is 26.8 Å². The highest BCUT2D eigenvalue weighted by Gasteiger charge is 2.09. The van der Waals surface area contributed by atoms with Crippen molar-refractivity contribution in [1.82, 2.24) is 0 Å². The van der Waals surface area contributed by atoms with Crippen LogP contribution >= 0.6 is 0 Å². The van der Waals surface area contributed by atoms with Crippen molar-refractivity contribution in [2.24, 2.45) is 0 Å². The summed E-state index contributed by atoms with van der Waals surface area (Å²) >= 11 is 0. The first-order valence-corrected chi connectivity index (χ1v) is 4.52. The molecule has 0 unspecified atom stereocenters. The monoisotopic (exact) mass is 194 g/mol. The molecule has 0 saturated heterocycles. The molecule has 14 heavy (non-hydrogen) atoms. The van der Waals surface area contributed by atoms with Crippen LogP contribution < -0.4 is 0 Å². The predicted octanol–water partition coefficient (Wildman–Crippen LogP) is 2.81. The number of aliphatic carboxylic acids is 1. The van der Waals surface area contributed by atoms with Crippen molar-refractivity contribution in [2.45, 2.75) is 26.7 Å². The van der Waals surface area contributed by atoms with E-state index in [4.69, 9.17) is 9.52 Å². The maximum atomic E-state index is 10.3. The average Bonchev–Trinajstić information content (AvgIpc) is 2.43. The molecule has 1 aromatic heterocycles. The van der Waals surface area contributed by atoms with Crippen LogP contribution in [0.3, 0.4) is 0 Å². The third-order valence-corrected chi connectivity index (χ3v) is 1.91. The molecule has 0 aliphatic rings. The van der Waals surface area contributed by atoms with Gasteiger partial charge in [0.2, 0.25) is 0 Å². The second kappa shape index (κ2) is 4.13. The van der Waals surface area contributed by atoms with E-state index in [0.717, 1.165) is 17.4 Å². The van der Waals surface area contributed by atoms with Gasteiger partial charge in [0, 0.05) is 11.6 Å². The maximum Gasteiger partial charge on any atom is 0.328 e. The Morgan fingerprint density at radius 2 is 2.21 bits per heavy atom. The van der Waals surface area contributed by atoms with Crippen LogP contribution in [0.5, 0.6) is 0 Å². The smallest absolute Gasteiger partial charge is 0.328 e. The Balaban J connectivity index is 3.01. The van der Waals surface area contributed by atoms with Crippen LogP contribution in [-0.4, -0.2) is 11.1 Å². The molecular weight excluding hydrogens is 180 g/mol. The van der Waals surface area contributed by atoms with Crippen LogP contribution in [0.2, 0.25) is 0 Å². The lowest BCUT2D eigenvalue weighted by Crippen LogP contribution is -1.88. The molecule has 1 aromatic rings. The molecule has 0 spiro atoms. The summed E-state index contributed by atoms with van der Waals surface area (Å²) in [6.07, 6.45) is 2.58. The number of carbonyl (C=O) groups is 1. The number of carboxylic acid groups (broad SMARTS) is 1. The molecule has 1 rings (SSSR count). The summed E-state index contributed by atoms with van der Waals surface area (Å²) in [6, 6.07) is 1.94. The summed E-state index contributed by atoms with van der Waals surface area (Å²) in [5.74, 6) is 0.813. The zero-order chi connectivity index (χ0) is 10.7. The first-order chi connectivity index (χ1) is 6.50. The van der Waals surface area contributed by atoms with Crippen LogP contribution in [-0.2, 0) is 4.79 Å². The Morgan fingerprint density at radius 1 is 1.57 bits per heavy atom. The normalized spacial score (nSPS) is 11.4. The van der Waals surface area contributed by atoms with Crippen molar-refractivity contribution in [2.75, 3.05) is 0 Å². The van der Waals surface area contributed by atoms with Gasteiger partial charge >= 0.3 is 5.97 Å². The van der Waals surface area contributed by atoms with Crippen LogP contribution in [0.4, 0.5) is 0 Å². The van der Waals surface area contributed by atoms with Gasteiger partial charge in [0.25, 0.3) is 0 Å². The summed E-state index contributed by atoms with van der Waals surface area (Å²) < 4.78 is 5.38. The fourth-order valence-corrected chi connectivity index (χ4v) is 1.28. The molecule has 0 atom stereocenters. The number of aryl methyl sites for hydroxylation is 1. The quantitative estimate of drug-likeness (QED) is 0.753. The van der Waals surface area contributed by atoms with Gasteiger partial charge in [-0.1, -0.05) is 13.8 Å². The number of hydrogen-bond acceptors (Lipinski definition) is 2. The van der Waals surface area contributed by atoms with Crippen molar-refractivity contribution in [3.8, 4) is 0 Å². The molecule has 1 heterocycles. The molecule has 0 bridgehead atoms. The lowest BCUT2D eigenvalue weighted by molar-refractivity contribution is -0.131. The van der Waals surface area contributed by atoms with Crippen molar-refractivity contribution in [3.05, 3.63) is 29.2 Å². The fraction of sp³-hybridized carbons (Fsp3) is 0.364. The topological polar surface area (TPSA) is 50.4 Å². The van der Waals surface area contributed by atoms with Gasteiger partial charge in [0.05, 0.1) is 0 Å². The van der Waals surface area contributed by atoms with Gasteiger partial charge < -0.3 is 9.52 Å². The Labute approximate surface area is 83.0 Å². The molecule has 0 amide bonds. The summed E-state index contributed by atoms with van der Waals surface area (Å²) in [6.45, 7) is 5.94. The maximum absolute atomic E-state index is 10.3. The minimum absolute atomic E-state index is 0.334. The Hall–Kier alpha value is -1.51. The van der Waals surface area contributed by atoms with E-state index in [2.05, 4.69) is 0 Å². The average molecular weight is 194 g/mol. The number of rotatable bonds is 3. The number of carboxylic acids is 1. The van der Waals surface area contributed by atoms with Crippen LogP contribution in [0, 0.1) is 6.92 Å². The van der Waals surface area contributed by atoms with E-state index in [1.54, 1.807) is 0 Å². The SMILES string of the molecule is Cc1cc(C(C)C)c(C=CC(=O)O)o1. The van der Waals surface area contributed by atoms with Gasteiger partial charge in [-0.05, 0) is 25.0 Å². The molecule has 0 aromatic carbocycles. The van der Waals surface area contributed by atoms with Gasteiger partial charge in [0.1, 0.15) is 11.5 Å². The van der Waals surface area contributed by atoms with E-state index in [1.165, 1.54) is 6.08 Å². The standard InChI is InChI=1S/C11H14O3/c1-7(2)9-6-8(3)14-10(9)4-5-11(12)13/h4-7H,1-3H3,(H,12,13). The minimum atomic E-state index is -0.964. The van der Waals surface area contributed by atoms with Crippen LogP contribution in [0.25, 0.3) is 6.08 Å². The zero-order valence-corrected chi connectivity index (χ0v) is 8.57. The molecule has 0 aliphatic heterocycles. The van der Waals surface area contributed by atoms with Crippen molar-refractivity contribution in [3.63, 3.8) is 0 Å². The first kappa shape index (κ1) is 10.6. The Morgan fingerprint density at radius 3 is 2.71 bits per heavy atom. The summed E-state index contributed by atoms with van der Waals surface area (Å²) in [5.41, 5.74) is 1.04. The number of hydrogen-bond donors (Lipinski definition) is 1. The molecular formula is C11H14O3. The van der Waals surface area contributed by atoms with E-state index >= 15 is 0 Å². The molecule has 0 saturated carbocycles. The van der Waals surface area contributed by atoms with Crippen LogP contribution in [0.1, 0.15) is 36.8 Å². The highest BCUT2D eigenvalue weighted by molar-refractivity contribution is 5.85.